The third kappa shape index (κ3) is 3.92. The molecule has 32 heavy (non-hydrogen) atoms. The van der Waals surface area contributed by atoms with Crippen LogP contribution in [0, 0.1) is 6.92 Å². The van der Waals surface area contributed by atoms with Crippen molar-refractivity contribution in [2.24, 2.45) is 0 Å². The molecule has 1 amide bonds. The average molecular weight is 513 g/mol. The topological polar surface area (TPSA) is 66.8 Å². The van der Waals surface area contributed by atoms with Crippen LogP contribution in [0.4, 0.5) is 5.69 Å². The molecule has 1 heterocycles. The Morgan fingerprint density at radius 1 is 1.06 bits per heavy atom. The molecule has 1 aliphatic rings. The summed E-state index contributed by atoms with van der Waals surface area (Å²) in [5, 5.41) is 11.7. The number of Topliss-reactive ketones (excluding diaryl/α,β-unsaturated/α-hetero) is 1. The van der Waals surface area contributed by atoms with Crippen LogP contribution in [0.3, 0.4) is 0 Å². The van der Waals surface area contributed by atoms with E-state index in [1.54, 1.807) is 42.5 Å². The summed E-state index contributed by atoms with van der Waals surface area (Å²) in [4.78, 5) is 27.7. The van der Waals surface area contributed by atoms with Gasteiger partial charge in [-0.1, -0.05) is 41.4 Å². The zero-order valence-electron chi connectivity index (χ0n) is 17.3. The number of rotatable bonds is 4. The maximum atomic E-state index is 13.2. The SMILES string of the molecule is COc1ccc(/C(O)=C2/C(=O)C(=O)N(c3ccc(Cl)cc3)C2c2cccc(C)c2)cc1Br. The molecule has 3 aromatic rings. The number of nitrogens with zero attached hydrogens (tertiary/aromatic N) is 1. The van der Waals surface area contributed by atoms with Gasteiger partial charge in [-0.15, -0.1) is 0 Å². The lowest BCUT2D eigenvalue weighted by molar-refractivity contribution is -0.132. The van der Waals surface area contributed by atoms with Crippen LogP contribution >= 0.6 is 27.5 Å². The maximum absolute atomic E-state index is 13.2. The number of hydrogen-bond acceptors (Lipinski definition) is 4. The minimum Gasteiger partial charge on any atom is -0.507 e. The van der Waals surface area contributed by atoms with Crippen LogP contribution in [0.15, 0.2) is 76.8 Å². The molecule has 1 unspecified atom stereocenters. The van der Waals surface area contributed by atoms with Crippen molar-refractivity contribution in [2.75, 3.05) is 12.0 Å². The van der Waals surface area contributed by atoms with E-state index in [2.05, 4.69) is 15.9 Å². The molecule has 0 bridgehead atoms. The summed E-state index contributed by atoms with van der Waals surface area (Å²) in [7, 11) is 1.54. The van der Waals surface area contributed by atoms with Crippen molar-refractivity contribution >= 4 is 50.7 Å². The third-order valence-electron chi connectivity index (χ3n) is 5.33. The first-order valence-corrected chi connectivity index (χ1v) is 11.0. The number of carbonyl (C=O) groups excluding carboxylic acids is 2. The van der Waals surface area contributed by atoms with E-state index in [4.69, 9.17) is 16.3 Å². The second kappa shape index (κ2) is 8.81. The van der Waals surface area contributed by atoms with Crippen molar-refractivity contribution in [3.63, 3.8) is 0 Å². The first kappa shape index (κ1) is 22.1. The average Bonchev–Trinajstić information content (AvgIpc) is 3.04. The maximum Gasteiger partial charge on any atom is 0.300 e. The van der Waals surface area contributed by atoms with Gasteiger partial charge in [-0.2, -0.15) is 0 Å². The van der Waals surface area contributed by atoms with Crippen LogP contribution in [-0.4, -0.2) is 23.9 Å². The smallest absolute Gasteiger partial charge is 0.300 e. The van der Waals surface area contributed by atoms with Crippen molar-refractivity contribution in [2.45, 2.75) is 13.0 Å². The highest BCUT2D eigenvalue weighted by atomic mass is 79.9. The quantitative estimate of drug-likeness (QED) is 0.263. The van der Waals surface area contributed by atoms with Gasteiger partial charge in [0.2, 0.25) is 0 Å². The number of carbonyl (C=O) groups is 2. The minimum absolute atomic E-state index is 0.0209. The van der Waals surface area contributed by atoms with E-state index in [0.717, 1.165) is 5.56 Å². The van der Waals surface area contributed by atoms with Crippen LogP contribution < -0.4 is 9.64 Å². The summed E-state index contributed by atoms with van der Waals surface area (Å²) in [6.45, 7) is 1.93. The molecule has 5 nitrogen and oxygen atoms in total. The fourth-order valence-corrected chi connectivity index (χ4v) is 4.49. The van der Waals surface area contributed by atoms with Gasteiger partial charge in [-0.3, -0.25) is 14.5 Å². The van der Waals surface area contributed by atoms with E-state index in [9.17, 15) is 14.7 Å². The van der Waals surface area contributed by atoms with Crippen molar-refractivity contribution < 1.29 is 19.4 Å². The number of halogens is 2. The lowest BCUT2D eigenvalue weighted by Gasteiger charge is -2.25. The zero-order valence-corrected chi connectivity index (χ0v) is 19.6. The summed E-state index contributed by atoms with van der Waals surface area (Å²) in [5.41, 5.74) is 2.61. The molecule has 0 saturated carbocycles. The third-order valence-corrected chi connectivity index (χ3v) is 6.20. The van der Waals surface area contributed by atoms with Gasteiger partial charge in [-0.05, 0) is 70.9 Å². The van der Waals surface area contributed by atoms with E-state index in [0.29, 0.717) is 32.1 Å². The van der Waals surface area contributed by atoms with Crippen LogP contribution in [0.5, 0.6) is 5.75 Å². The summed E-state index contributed by atoms with van der Waals surface area (Å²) < 4.78 is 5.86. The molecule has 0 aromatic heterocycles. The number of aryl methyl sites for hydroxylation is 1. The Morgan fingerprint density at radius 3 is 2.41 bits per heavy atom. The van der Waals surface area contributed by atoms with Gasteiger partial charge in [0.25, 0.3) is 11.7 Å². The number of hydrogen-bond donors (Lipinski definition) is 1. The van der Waals surface area contributed by atoms with Gasteiger partial charge in [0.15, 0.2) is 0 Å². The molecular formula is C25H19BrClNO4. The summed E-state index contributed by atoms with van der Waals surface area (Å²) >= 11 is 9.42. The summed E-state index contributed by atoms with van der Waals surface area (Å²) in [6, 6.07) is 18.4. The number of benzene rings is 3. The number of ether oxygens (including phenoxy) is 1. The molecule has 1 aliphatic heterocycles. The number of amides is 1. The minimum atomic E-state index is -0.794. The summed E-state index contributed by atoms with van der Waals surface area (Å²) in [6.07, 6.45) is 0. The number of aliphatic hydroxyl groups is 1. The zero-order chi connectivity index (χ0) is 23.0. The molecule has 0 aliphatic carbocycles. The van der Waals surface area contributed by atoms with Crippen molar-refractivity contribution in [3.05, 3.63) is 98.5 Å². The molecule has 162 valence electrons. The van der Waals surface area contributed by atoms with E-state index in [1.165, 1.54) is 12.0 Å². The Balaban J connectivity index is 1.94. The highest BCUT2D eigenvalue weighted by Gasteiger charge is 2.47. The van der Waals surface area contributed by atoms with Crippen LogP contribution in [0.2, 0.25) is 5.02 Å². The Bertz CT molecular complexity index is 1250. The molecule has 4 rings (SSSR count). The second-order valence-corrected chi connectivity index (χ2v) is 8.70. The Hall–Kier alpha value is -3.09. The Morgan fingerprint density at radius 2 is 1.78 bits per heavy atom. The van der Waals surface area contributed by atoms with Gasteiger partial charge in [0.1, 0.15) is 11.5 Å². The fourth-order valence-electron chi connectivity index (χ4n) is 3.83. The molecule has 1 N–H and O–H groups in total. The van der Waals surface area contributed by atoms with Crippen molar-refractivity contribution in [1.29, 1.82) is 0 Å². The predicted molar refractivity (Wildman–Crippen MR) is 128 cm³/mol. The van der Waals surface area contributed by atoms with Gasteiger partial charge in [-0.25, -0.2) is 0 Å². The molecule has 1 saturated heterocycles. The van der Waals surface area contributed by atoms with E-state index in [1.807, 2.05) is 31.2 Å². The Labute approximate surface area is 199 Å². The van der Waals surface area contributed by atoms with Gasteiger partial charge >= 0.3 is 0 Å². The molecular weight excluding hydrogens is 494 g/mol. The van der Waals surface area contributed by atoms with E-state index < -0.39 is 17.7 Å². The highest BCUT2D eigenvalue weighted by molar-refractivity contribution is 9.10. The van der Waals surface area contributed by atoms with Crippen molar-refractivity contribution in [1.82, 2.24) is 0 Å². The summed E-state index contributed by atoms with van der Waals surface area (Å²) in [5.74, 6) is -1.14. The number of ketones is 1. The number of methoxy groups -OCH3 is 1. The lowest BCUT2D eigenvalue weighted by Crippen LogP contribution is -2.29. The lowest BCUT2D eigenvalue weighted by atomic mass is 9.94. The fraction of sp³-hybridized carbons (Fsp3) is 0.120. The normalized spacial score (nSPS) is 17.6. The Kier molecular flexibility index (Phi) is 6.09. The molecule has 1 atom stereocenters. The predicted octanol–water partition coefficient (Wildman–Crippen LogP) is 6.05. The monoisotopic (exact) mass is 511 g/mol. The second-order valence-electron chi connectivity index (χ2n) is 7.41. The molecule has 7 heteroatoms. The molecule has 1 fully saturated rings. The molecule has 0 spiro atoms. The van der Waals surface area contributed by atoms with Gasteiger partial charge < -0.3 is 9.84 Å². The van der Waals surface area contributed by atoms with Crippen LogP contribution in [0.1, 0.15) is 22.7 Å². The van der Waals surface area contributed by atoms with Gasteiger partial charge in [0.05, 0.1) is 23.2 Å². The van der Waals surface area contributed by atoms with E-state index in [-0.39, 0.29) is 11.3 Å². The first-order valence-electron chi connectivity index (χ1n) is 9.79. The largest absolute Gasteiger partial charge is 0.507 e. The number of aliphatic hydroxyl groups excluding tert-OH is 1. The first-order chi connectivity index (χ1) is 15.3. The molecule has 0 radical (unpaired) electrons. The van der Waals surface area contributed by atoms with Crippen LogP contribution in [-0.2, 0) is 9.59 Å². The van der Waals surface area contributed by atoms with Crippen molar-refractivity contribution in [3.8, 4) is 5.75 Å². The number of anilines is 1. The standard InChI is InChI=1S/C25H19BrClNO4/c1-14-4-3-5-15(12-14)22-21(23(29)16-6-11-20(32-2)19(26)13-16)24(30)25(31)28(22)18-9-7-17(27)8-10-18/h3-13,22,29H,1-2H3/b23-21-. The highest BCUT2D eigenvalue weighted by Crippen LogP contribution is 2.43. The van der Waals surface area contributed by atoms with E-state index >= 15 is 0 Å². The van der Waals surface area contributed by atoms with Crippen LogP contribution in [0.25, 0.3) is 5.76 Å². The van der Waals surface area contributed by atoms with Gasteiger partial charge in [0, 0.05) is 16.3 Å². The molecule has 3 aromatic carbocycles.